The topological polar surface area (TPSA) is 64.4 Å². The largest absolute Gasteiger partial charge is 0.492 e. The first-order valence-electron chi connectivity index (χ1n) is 5.72. The highest BCUT2D eigenvalue weighted by molar-refractivity contribution is 6.31. The lowest BCUT2D eigenvalue weighted by Gasteiger charge is -2.06. The number of halogens is 1. The van der Waals surface area contributed by atoms with E-state index in [2.05, 4.69) is 5.10 Å². The molecule has 2 aromatic rings. The number of aromatic nitrogens is 2. The molecule has 0 aliphatic rings. The molecule has 0 aliphatic heterocycles. The Morgan fingerprint density at radius 3 is 2.95 bits per heavy atom. The van der Waals surface area contributed by atoms with E-state index in [9.17, 15) is 4.79 Å². The molecule has 0 atom stereocenters. The molecule has 1 N–H and O–H groups in total. The van der Waals surface area contributed by atoms with Crippen molar-refractivity contribution < 1.29 is 14.6 Å². The molecule has 19 heavy (non-hydrogen) atoms. The Hall–Kier alpha value is -2.01. The Morgan fingerprint density at radius 1 is 1.53 bits per heavy atom. The van der Waals surface area contributed by atoms with Gasteiger partial charge in [-0.05, 0) is 25.1 Å². The lowest BCUT2D eigenvalue weighted by atomic mass is 10.2. The van der Waals surface area contributed by atoms with E-state index in [0.717, 1.165) is 5.69 Å². The zero-order valence-corrected chi connectivity index (χ0v) is 11.1. The first-order chi connectivity index (χ1) is 9.06. The van der Waals surface area contributed by atoms with Crippen molar-refractivity contribution in [1.29, 1.82) is 0 Å². The zero-order chi connectivity index (χ0) is 13.8. The van der Waals surface area contributed by atoms with Gasteiger partial charge in [-0.3, -0.25) is 4.68 Å². The van der Waals surface area contributed by atoms with Crippen LogP contribution >= 0.6 is 11.6 Å². The van der Waals surface area contributed by atoms with Gasteiger partial charge in [-0.1, -0.05) is 17.7 Å². The quantitative estimate of drug-likeness (QED) is 0.914. The first kappa shape index (κ1) is 13.4. The number of carbonyl (C=O) groups is 1. The number of ether oxygens (including phenoxy) is 1. The van der Waals surface area contributed by atoms with Gasteiger partial charge in [-0.15, -0.1) is 0 Å². The van der Waals surface area contributed by atoms with Crippen LogP contribution in [0.15, 0.2) is 30.5 Å². The number of hydrogen-bond acceptors (Lipinski definition) is 3. The van der Waals surface area contributed by atoms with Crippen LogP contribution in [-0.2, 0) is 6.54 Å². The average Bonchev–Trinajstić information content (AvgIpc) is 2.69. The predicted molar refractivity (Wildman–Crippen MR) is 70.9 cm³/mol. The van der Waals surface area contributed by atoms with Crippen molar-refractivity contribution in [3.8, 4) is 5.75 Å². The Bertz CT molecular complexity index is 576. The highest BCUT2D eigenvalue weighted by Gasteiger charge is 2.04. The standard InChI is InChI=1S/C13H13ClN2O3/c1-9-12(14)8-16(15-9)5-6-19-11-4-2-3-10(7-11)13(17)18/h2-4,7-8H,5-6H2,1H3,(H,17,18). The maximum atomic E-state index is 10.8. The summed E-state index contributed by atoms with van der Waals surface area (Å²) in [6.07, 6.45) is 1.73. The van der Waals surface area contributed by atoms with E-state index in [1.807, 2.05) is 6.92 Å². The van der Waals surface area contributed by atoms with Crippen molar-refractivity contribution in [2.45, 2.75) is 13.5 Å². The van der Waals surface area contributed by atoms with Crippen LogP contribution in [-0.4, -0.2) is 27.5 Å². The lowest BCUT2D eigenvalue weighted by Crippen LogP contribution is -2.09. The summed E-state index contributed by atoms with van der Waals surface area (Å²) in [4.78, 5) is 10.8. The molecule has 0 saturated heterocycles. The SMILES string of the molecule is Cc1nn(CCOc2cccc(C(=O)O)c2)cc1Cl. The maximum Gasteiger partial charge on any atom is 0.335 e. The molecule has 1 aromatic heterocycles. The van der Waals surface area contributed by atoms with Gasteiger partial charge in [0.15, 0.2) is 0 Å². The second-order valence-electron chi connectivity index (χ2n) is 4.01. The molecule has 0 unspecified atom stereocenters. The fourth-order valence-corrected chi connectivity index (χ4v) is 1.73. The molecule has 1 heterocycles. The number of rotatable bonds is 5. The number of hydrogen-bond donors (Lipinski definition) is 1. The van der Waals surface area contributed by atoms with E-state index >= 15 is 0 Å². The number of aromatic carboxylic acids is 1. The predicted octanol–water partition coefficient (Wildman–Crippen LogP) is 2.62. The molecule has 0 saturated carbocycles. The van der Waals surface area contributed by atoms with Crippen LogP contribution in [0.2, 0.25) is 5.02 Å². The van der Waals surface area contributed by atoms with Crippen LogP contribution in [0.25, 0.3) is 0 Å². The summed E-state index contributed by atoms with van der Waals surface area (Å²) in [5, 5.41) is 13.7. The van der Waals surface area contributed by atoms with Crippen molar-refractivity contribution in [1.82, 2.24) is 9.78 Å². The molecule has 0 spiro atoms. The third-order valence-corrected chi connectivity index (χ3v) is 2.93. The molecular formula is C13H13ClN2O3. The monoisotopic (exact) mass is 280 g/mol. The molecule has 0 bridgehead atoms. The number of benzene rings is 1. The fourth-order valence-electron chi connectivity index (χ4n) is 1.58. The van der Waals surface area contributed by atoms with Crippen LogP contribution in [0.5, 0.6) is 5.75 Å². The lowest BCUT2D eigenvalue weighted by molar-refractivity contribution is 0.0696. The maximum absolute atomic E-state index is 10.8. The number of nitrogens with zero attached hydrogens (tertiary/aromatic N) is 2. The molecule has 0 amide bonds. The normalized spacial score (nSPS) is 10.4. The summed E-state index contributed by atoms with van der Waals surface area (Å²) in [6, 6.07) is 6.37. The number of carboxylic acid groups (broad SMARTS) is 1. The molecule has 0 radical (unpaired) electrons. The van der Waals surface area contributed by atoms with Crippen LogP contribution in [0.1, 0.15) is 16.1 Å². The van der Waals surface area contributed by atoms with Gasteiger partial charge < -0.3 is 9.84 Å². The molecule has 6 heteroatoms. The molecule has 5 nitrogen and oxygen atoms in total. The van der Waals surface area contributed by atoms with Crippen molar-refractivity contribution in [3.63, 3.8) is 0 Å². The van der Waals surface area contributed by atoms with Gasteiger partial charge in [0.1, 0.15) is 12.4 Å². The minimum absolute atomic E-state index is 0.204. The molecule has 0 fully saturated rings. The van der Waals surface area contributed by atoms with Gasteiger partial charge in [-0.2, -0.15) is 5.10 Å². The van der Waals surface area contributed by atoms with Crippen LogP contribution < -0.4 is 4.74 Å². The highest BCUT2D eigenvalue weighted by Crippen LogP contribution is 2.14. The minimum atomic E-state index is -0.972. The summed E-state index contributed by atoms with van der Waals surface area (Å²) in [5.74, 6) is -0.449. The van der Waals surface area contributed by atoms with Crippen LogP contribution in [0.4, 0.5) is 0 Å². The van der Waals surface area contributed by atoms with Crippen LogP contribution in [0.3, 0.4) is 0 Å². The number of aryl methyl sites for hydroxylation is 1. The smallest absolute Gasteiger partial charge is 0.335 e. The average molecular weight is 281 g/mol. The zero-order valence-electron chi connectivity index (χ0n) is 10.3. The summed E-state index contributed by atoms with van der Waals surface area (Å²) in [5.41, 5.74) is 0.977. The summed E-state index contributed by atoms with van der Waals surface area (Å²) in [7, 11) is 0. The molecule has 1 aromatic carbocycles. The molecule has 0 aliphatic carbocycles. The van der Waals surface area contributed by atoms with Crippen molar-refractivity contribution in [2.24, 2.45) is 0 Å². The third kappa shape index (κ3) is 3.48. The third-order valence-electron chi connectivity index (χ3n) is 2.56. The first-order valence-corrected chi connectivity index (χ1v) is 6.10. The Morgan fingerprint density at radius 2 is 2.32 bits per heavy atom. The van der Waals surface area contributed by atoms with Gasteiger partial charge in [0, 0.05) is 6.20 Å². The van der Waals surface area contributed by atoms with E-state index in [1.54, 1.807) is 23.0 Å². The minimum Gasteiger partial charge on any atom is -0.492 e. The second-order valence-corrected chi connectivity index (χ2v) is 4.41. The molecule has 100 valence electrons. The van der Waals surface area contributed by atoms with Crippen molar-refractivity contribution in [2.75, 3.05) is 6.61 Å². The summed E-state index contributed by atoms with van der Waals surface area (Å²) < 4.78 is 7.18. The molecular weight excluding hydrogens is 268 g/mol. The van der Waals surface area contributed by atoms with Gasteiger partial charge in [0.2, 0.25) is 0 Å². The fraction of sp³-hybridized carbons (Fsp3) is 0.231. The van der Waals surface area contributed by atoms with Crippen LogP contribution in [0, 0.1) is 6.92 Å². The van der Waals surface area contributed by atoms with Crippen molar-refractivity contribution >= 4 is 17.6 Å². The second kappa shape index (κ2) is 5.75. The molecule has 2 rings (SSSR count). The van der Waals surface area contributed by atoms with E-state index in [4.69, 9.17) is 21.4 Å². The summed E-state index contributed by atoms with van der Waals surface area (Å²) >= 11 is 5.89. The Kier molecular flexibility index (Phi) is 4.06. The van der Waals surface area contributed by atoms with Gasteiger partial charge in [0.25, 0.3) is 0 Å². The van der Waals surface area contributed by atoms with Gasteiger partial charge in [0.05, 0.1) is 22.8 Å². The Balaban J connectivity index is 1.92. The van der Waals surface area contributed by atoms with Gasteiger partial charge >= 0.3 is 5.97 Å². The van der Waals surface area contributed by atoms with Crippen molar-refractivity contribution in [3.05, 3.63) is 46.7 Å². The van der Waals surface area contributed by atoms with E-state index < -0.39 is 5.97 Å². The van der Waals surface area contributed by atoms with E-state index in [0.29, 0.717) is 23.9 Å². The van der Waals surface area contributed by atoms with E-state index in [-0.39, 0.29) is 5.56 Å². The van der Waals surface area contributed by atoms with E-state index in [1.165, 1.54) is 12.1 Å². The van der Waals surface area contributed by atoms with Gasteiger partial charge in [-0.25, -0.2) is 4.79 Å². The summed E-state index contributed by atoms with van der Waals surface area (Å²) in [6.45, 7) is 2.77. The Labute approximate surface area is 115 Å². The number of carboxylic acids is 1. The highest BCUT2D eigenvalue weighted by atomic mass is 35.5.